The third-order valence-electron chi connectivity index (χ3n) is 4.63. The van der Waals surface area contributed by atoms with Gasteiger partial charge in [-0.3, -0.25) is 4.79 Å². The molecule has 0 bridgehead atoms. The van der Waals surface area contributed by atoms with Gasteiger partial charge in [-0.1, -0.05) is 0 Å². The number of amides is 1. The number of carbonyl (C=O) groups excluding carboxylic acids is 1. The normalized spacial score (nSPS) is 12.9. The van der Waals surface area contributed by atoms with Gasteiger partial charge in [-0.15, -0.1) is 0 Å². The van der Waals surface area contributed by atoms with Crippen LogP contribution in [0.3, 0.4) is 0 Å². The fourth-order valence-electron chi connectivity index (χ4n) is 2.61. The Morgan fingerprint density at radius 1 is 0.905 bits per heavy atom. The molecule has 0 aliphatic carbocycles. The molecule has 1 rings (SSSR count). The molecule has 0 saturated heterocycles. The van der Waals surface area contributed by atoms with Gasteiger partial charge in [0.15, 0.2) is 0 Å². The van der Waals surface area contributed by atoms with Crippen LogP contribution < -0.4 is 11.2 Å². The van der Waals surface area contributed by atoms with Crippen molar-refractivity contribution < 1.29 is 4.79 Å². The van der Waals surface area contributed by atoms with Gasteiger partial charge in [0.2, 0.25) is 5.91 Å². The van der Waals surface area contributed by atoms with Crippen LogP contribution in [-0.4, -0.2) is 23.0 Å². The van der Waals surface area contributed by atoms with E-state index in [-0.39, 0.29) is 18.0 Å². The highest BCUT2D eigenvalue weighted by atomic mass is 16.1. The van der Waals surface area contributed by atoms with Gasteiger partial charge >= 0.3 is 0 Å². The van der Waals surface area contributed by atoms with Gasteiger partial charge in [-0.2, -0.15) is 0 Å². The average Bonchev–Trinajstić information content (AvgIpc) is 2.42. The first-order chi connectivity index (χ1) is 9.59. The Morgan fingerprint density at radius 3 is 1.62 bits per heavy atom. The fourth-order valence-corrected chi connectivity index (χ4v) is 2.61. The van der Waals surface area contributed by atoms with Gasteiger partial charge in [0, 0.05) is 6.04 Å². The van der Waals surface area contributed by atoms with E-state index in [1.54, 1.807) is 0 Å². The van der Waals surface area contributed by atoms with E-state index in [4.69, 9.17) is 5.73 Å². The van der Waals surface area contributed by atoms with Crippen LogP contribution in [0.4, 0.5) is 5.69 Å². The summed E-state index contributed by atoms with van der Waals surface area (Å²) in [6.45, 7) is 16.6. The predicted molar refractivity (Wildman–Crippen MR) is 89.4 cm³/mol. The van der Waals surface area contributed by atoms with Gasteiger partial charge in [0.05, 0.1) is 5.69 Å². The Morgan fingerprint density at radius 2 is 1.29 bits per heavy atom. The van der Waals surface area contributed by atoms with Crippen molar-refractivity contribution in [1.29, 1.82) is 0 Å². The van der Waals surface area contributed by atoms with E-state index in [1.165, 1.54) is 27.8 Å². The number of nitrogens with two attached hydrogens (primary N) is 1. The van der Waals surface area contributed by atoms with Crippen molar-refractivity contribution in [1.82, 2.24) is 5.01 Å². The molecule has 0 fully saturated rings. The van der Waals surface area contributed by atoms with E-state index >= 15 is 0 Å². The maximum Gasteiger partial charge on any atom is 0.236 e. The molecule has 4 heteroatoms. The molecule has 1 aromatic rings. The molecule has 1 amide bonds. The van der Waals surface area contributed by atoms with Gasteiger partial charge in [-0.05, 0) is 83.2 Å². The molecule has 0 spiro atoms. The molecule has 0 saturated carbocycles. The molecule has 21 heavy (non-hydrogen) atoms. The lowest BCUT2D eigenvalue weighted by Crippen LogP contribution is -2.49. The van der Waals surface area contributed by atoms with E-state index in [0.29, 0.717) is 0 Å². The van der Waals surface area contributed by atoms with Crippen LogP contribution in [0.25, 0.3) is 0 Å². The molecule has 0 aliphatic heterocycles. The maximum atomic E-state index is 11.5. The van der Waals surface area contributed by atoms with Crippen LogP contribution in [0.15, 0.2) is 0 Å². The molecule has 118 valence electrons. The summed E-state index contributed by atoms with van der Waals surface area (Å²) in [5, 5.41) is 1.92. The number of nitrogens with one attached hydrogen (secondary N) is 1. The quantitative estimate of drug-likeness (QED) is 0.819. The molecule has 4 nitrogen and oxygen atoms in total. The van der Waals surface area contributed by atoms with E-state index in [9.17, 15) is 4.79 Å². The Hall–Kier alpha value is -1.55. The average molecular weight is 291 g/mol. The van der Waals surface area contributed by atoms with Crippen LogP contribution in [0, 0.1) is 34.6 Å². The number of hydrogen-bond donors (Lipinski definition) is 2. The molecular weight excluding hydrogens is 262 g/mol. The minimum atomic E-state index is -0.370. The molecule has 0 aromatic heterocycles. The first-order valence-electron chi connectivity index (χ1n) is 7.50. The largest absolute Gasteiger partial charge is 0.368 e. The third kappa shape index (κ3) is 3.38. The van der Waals surface area contributed by atoms with Crippen LogP contribution in [-0.2, 0) is 4.79 Å². The maximum absolute atomic E-state index is 11.5. The Labute approximate surface area is 128 Å². The van der Waals surface area contributed by atoms with Crippen LogP contribution in [0.5, 0.6) is 0 Å². The van der Waals surface area contributed by atoms with Crippen molar-refractivity contribution in [3.05, 3.63) is 27.8 Å². The number of nitrogens with zero attached hydrogens (tertiary/aromatic N) is 1. The van der Waals surface area contributed by atoms with Crippen molar-refractivity contribution >= 4 is 11.6 Å². The first-order valence-corrected chi connectivity index (χ1v) is 7.50. The molecule has 0 aliphatic rings. The Kier molecular flexibility index (Phi) is 5.40. The van der Waals surface area contributed by atoms with E-state index < -0.39 is 0 Å². The Bertz CT molecular complexity index is 520. The Balaban J connectivity index is 3.31. The lowest BCUT2D eigenvalue weighted by Gasteiger charge is -2.34. The predicted octanol–water partition coefficient (Wildman–Crippen LogP) is 3.14. The molecule has 3 N–H and O–H groups in total. The summed E-state index contributed by atoms with van der Waals surface area (Å²) >= 11 is 0. The van der Waals surface area contributed by atoms with E-state index in [1.807, 2.05) is 25.8 Å². The summed E-state index contributed by atoms with van der Waals surface area (Å²) in [5.74, 6) is -0.327. The zero-order chi connectivity index (χ0) is 16.5. The number of rotatable bonds is 5. The lowest BCUT2D eigenvalue weighted by molar-refractivity contribution is -0.122. The van der Waals surface area contributed by atoms with Gasteiger partial charge in [0.25, 0.3) is 0 Å². The molecule has 0 radical (unpaired) electrons. The first kappa shape index (κ1) is 17.5. The van der Waals surface area contributed by atoms with Crippen molar-refractivity contribution in [3.63, 3.8) is 0 Å². The zero-order valence-electron chi connectivity index (χ0n) is 14.6. The number of carbonyl (C=O) groups is 1. The van der Waals surface area contributed by atoms with Crippen LogP contribution in [0.2, 0.25) is 0 Å². The summed E-state index contributed by atoms with van der Waals surface area (Å²) in [6, 6.07) is -0.209. The third-order valence-corrected chi connectivity index (χ3v) is 4.63. The second kappa shape index (κ2) is 6.48. The molecular formula is C17H29N3O. The number of hydrazine groups is 1. The number of anilines is 1. The molecule has 1 unspecified atom stereocenters. The number of primary amides is 1. The second-order valence-corrected chi connectivity index (χ2v) is 6.19. The monoisotopic (exact) mass is 291 g/mol. The van der Waals surface area contributed by atoms with E-state index in [2.05, 4.69) is 40.0 Å². The number of hydrogen-bond acceptors (Lipinski definition) is 3. The van der Waals surface area contributed by atoms with Crippen LogP contribution in [0.1, 0.15) is 48.6 Å². The van der Waals surface area contributed by atoms with Crippen molar-refractivity contribution in [2.75, 3.05) is 5.43 Å². The van der Waals surface area contributed by atoms with E-state index in [0.717, 1.165) is 5.69 Å². The van der Waals surface area contributed by atoms with Gasteiger partial charge in [0.1, 0.15) is 6.04 Å². The van der Waals surface area contributed by atoms with Crippen molar-refractivity contribution in [3.8, 4) is 0 Å². The fraction of sp³-hybridized carbons (Fsp3) is 0.588. The summed E-state index contributed by atoms with van der Waals surface area (Å²) < 4.78 is 0. The van der Waals surface area contributed by atoms with Gasteiger partial charge < -0.3 is 11.2 Å². The molecule has 0 heterocycles. The molecule has 1 aromatic carbocycles. The minimum Gasteiger partial charge on any atom is -0.368 e. The highest BCUT2D eigenvalue weighted by molar-refractivity contribution is 5.79. The van der Waals surface area contributed by atoms with Crippen LogP contribution >= 0.6 is 0 Å². The van der Waals surface area contributed by atoms with Crippen molar-refractivity contribution in [2.24, 2.45) is 5.73 Å². The summed E-state index contributed by atoms with van der Waals surface area (Å²) in [6.07, 6.45) is 0. The summed E-state index contributed by atoms with van der Waals surface area (Å²) in [4.78, 5) is 11.5. The molecule has 1 atom stereocenters. The standard InChI is InChI=1S/C17H29N3O/c1-9(2)20(15(8)17(18)21)19-16-13(6)11(4)10(3)12(5)14(16)7/h9,15,19H,1-8H3,(H2,18,21). The second-order valence-electron chi connectivity index (χ2n) is 6.19. The highest BCUT2D eigenvalue weighted by Crippen LogP contribution is 2.31. The summed E-state index contributed by atoms with van der Waals surface area (Å²) in [5.41, 5.74) is 16.3. The zero-order valence-corrected chi connectivity index (χ0v) is 14.6. The summed E-state index contributed by atoms with van der Waals surface area (Å²) in [7, 11) is 0. The highest BCUT2D eigenvalue weighted by Gasteiger charge is 2.23. The lowest BCUT2D eigenvalue weighted by atomic mass is 9.93. The van der Waals surface area contributed by atoms with Crippen molar-refractivity contribution in [2.45, 2.75) is 67.5 Å². The smallest absolute Gasteiger partial charge is 0.236 e. The SMILES string of the molecule is Cc1c(C)c(C)c(NN(C(C)C)C(C)C(N)=O)c(C)c1C. The number of benzene rings is 1. The topological polar surface area (TPSA) is 58.4 Å². The van der Waals surface area contributed by atoms with Gasteiger partial charge in [-0.25, -0.2) is 5.01 Å². The minimum absolute atomic E-state index is 0.160.